The fraction of sp³-hybridized carbons (Fsp3) is 0.385. The number of nitrogens with one attached hydrogen (secondary N) is 1. The average Bonchev–Trinajstić information content (AvgIpc) is 2.35. The van der Waals surface area contributed by atoms with Crippen molar-refractivity contribution < 1.29 is 18.7 Å². The predicted molar refractivity (Wildman–Crippen MR) is 65.2 cm³/mol. The first kappa shape index (κ1) is 14.2. The van der Waals surface area contributed by atoms with Crippen LogP contribution in [0.1, 0.15) is 30.6 Å². The van der Waals surface area contributed by atoms with Gasteiger partial charge in [-0.05, 0) is 25.5 Å². The van der Waals surface area contributed by atoms with Crippen molar-refractivity contribution in [3.63, 3.8) is 0 Å². The molecular weight excluding hydrogens is 237 g/mol. The van der Waals surface area contributed by atoms with Gasteiger partial charge in [0.25, 0.3) is 5.91 Å². The smallest absolute Gasteiger partial charge is 0.258 e. The number of ether oxygens (including phenoxy) is 1. The van der Waals surface area contributed by atoms with Crippen molar-refractivity contribution in [2.75, 3.05) is 6.61 Å². The van der Waals surface area contributed by atoms with Crippen molar-refractivity contribution in [1.29, 1.82) is 0 Å². The van der Waals surface area contributed by atoms with Gasteiger partial charge in [0.15, 0.2) is 6.61 Å². The van der Waals surface area contributed by atoms with Crippen LogP contribution in [0, 0.1) is 5.82 Å². The Morgan fingerprint density at radius 1 is 1.50 bits per heavy atom. The van der Waals surface area contributed by atoms with Crippen LogP contribution in [0.15, 0.2) is 18.2 Å². The summed E-state index contributed by atoms with van der Waals surface area (Å²) in [5.41, 5.74) is 0.173. The van der Waals surface area contributed by atoms with Gasteiger partial charge in [-0.25, -0.2) is 4.39 Å². The van der Waals surface area contributed by atoms with Crippen molar-refractivity contribution in [3.05, 3.63) is 29.6 Å². The molecule has 0 spiro atoms. The van der Waals surface area contributed by atoms with Crippen LogP contribution in [0.25, 0.3) is 0 Å². The lowest BCUT2D eigenvalue weighted by Crippen LogP contribution is -2.35. The van der Waals surface area contributed by atoms with E-state index in [0.29, 0.717) is 6.29 Å². The molecule has 1 aromatic carbocycles. The quantitative estimate of drug-likeness (QED) is 0.788. The molecule has 0 aliphatic rings. The molecule has 5 heteroatoms. The molecule has 18 heavy (non-hydrogen) atoms. The largest absolute Gasteiger partial charge is 0.484 e. The van der Waals surface area contributed by atoms with Gasteiger partial charge in [0.05, 0.1) is 0 Å². The third-order valence-corrected chi connectivity index (χ3v) is 2.42. The molecule has 1 atom stereocenters. The minimum Gasteiger partial charge on any atom is -0.484 e. The van der Waals surface area contributed by atoms with E-state index in [1.165, 1.54) is 6.07 Å². The van der Waals surface area contributed by atoms with Crippen LogP contribution >= 0.6 is 0 Å². The summed E-state index contributed by atoms with van der Waals surface area (Å²) in [6.07, 6.45) is 1.34. The Kier molecular flexibility index (Phi) is 5.30. The Morgan fingerprint density at radius 2 is 2.22 bits per heavy atom. The fourth-order valence-corrected chi connectivity index (χ4v) is 1.30. The van der Waals surface area contributed by atoms with E-state index in [4.69, 9.17) is 4.74 Å². The van der Waals surface area contributed by atoms with Gasteiger partial charge < -0.3 is 10.1 Å². The Balaban J connectivity index is 2.55. The number of aldehydes is 1. The molecule has 1 N–H and O–H groups in total. The maximum Gasteiger partial charge on any atom is 0.258 e. The lowest BCUT2D eigenvalue weighted by molar-refractivity contribution is -0.123. The molecular formula is C13H16FNO3. The summed E-state index contributed by atoms with van der Waals surface area (Å²) >= 11 is 0. The standard InChI is InChI=1S/C13H16FNO3/c1-3-9(2)15-13(17)8-18-12-5-10(7-16)4-11(14)6-12/h4-7,9H,3,8H2,1-2H3,(H,15,17). The zero-order valence-electron chi connectivity index (χ0n) is 10.4. The zero-order chi connectivity index (χ0) is 13.5. The van der Waals surface area contributed by atoms with Gasteiger partial charge in [-0.3, -0.25) is 9.59 Å². The summed E-state index contributed by atoms with van der Waals surface area (Å²) in [5, 5.41) is 2.72. The number of benzene rings is 1. The topological polar surface area (TPSA) is 55.4 Å². The first-order valence-electron chi connectivity index (χ1n) is 5.73. The lowest BCUT2D eigenvalue weighted by atomic mass is 10.2. The average molecular weight is 253 g/mol. The second-order valence-electron chi connectivity index (χ2n) is 4.00. The van der Waals surface area contributed by atoms with E-state index in [1.54, 1.807) is 0 Å². The minimum absolute atomic E-state index is 0.0687. The summed E-state index contributed by atoms with van der Waals surface area (Å²) in [4.78, 5) is 22.0. The van der Waals surface area contributed by atoms with E-state index in [-0.39, 0.29) is 29.9 Å². The van der Waals surface area contributed by atoms with Crippen molar-refractivity contribution in [1.82, 2.24) is 5.32 Å². The summed E-state index contributed by atoms with van der Waals surface area (Å²) < 4.78 is 18.2. The van der Waals surface area contributed by atoms with E-state index in [0.717, 1.165) is 18.6 Å². The summed E-state index contributed by atoms with van der Waals surface area (Å²) in [6, 6.07) is 3.68. The summed E-state index contributed by atoms with van der Waals surface area (Å²) in [5.74, 6) is -0.686. The van der Waals surface area contributed by atoms with Gasteiger partial charge in [0, 0.05) is 17.7 Å². The molecule has 0 fully saturated rings. The molecule has 0 saturated heterocycles. The van der Waals surface area contributed by atoms with Gasteiger partial charge in [0.2, 0.25) is 0 Å². The van der Waals surface area contributed by atoms with Crippen LogP contribution in [0.5, 0.6) is 5.75 Å². The molecule has 0 aliphatic carbocycles. The normalized spacial score (nSPS) is 11.7. The molecule has 0 radical (unpaired) electrons. The van der Waals surface area contributed by atoms with Crippen LogP contribution in [0.4, 0.5) is 4.39 Å². The molecule has 0 bridgehead atoms. The molecule has 1 amide bonds. The lowest BCUT2D eigenvalue weighted by Gasteiger charge is -2.12. The number of carbonyl (C=O) groups excluding carboxylic acids is 2. The fourth-order valence-electron chi connectivity index (χ4n) is 1.30. The van der Waals surface area contributed by atoms with Crippen LogP contribution < -0.4 is 10.1 Å². The van der Waals surface area contributed by atoms with Crippen molar-refractivity contribution in [3.8, 4) is 5.75 Å². The third kappa shape index (κ3) is 4.53. The SMILES string of the molecule is CCC(C)NC(=O)COc1cc(F)cc(C=O)c1. The molecule has 1 unspecified atom stereocenters. The number of halogens is 1. The molecule has 0 aromatic heterocycles. The number of carbonyl (C=O) groups is 2. The summed E-state index contributed by atoms with van der Waals surface area (Å²) in [7, 11) is 0. The highest BCUT2D eigenvalue weighted by Crippen LogP contribution is 2.15. The first-order chi connectivity index (χ1) is 8.55. The molecule has 0 aliphatic heterocycles. The second kappa shape index (κ2) is 6.74. The Bertz CT molecular complexity index is 434. The van der Waals surface area contributed by atoms with Crippen LogP contribution in [0.2, 0.25) is 0 Å². The molecule has 1 aromatic rings. The van der Waals surface area contributed by atoms with Gasteiger partial charge in [0.1, 0.15) is 17.9 Å². The maximum absolute atomic E-state index is 13.1. The van der Waals surface area contributed by atoms with Gasteiger partial charge in [-0.2, -0.15) is 0 Å². The Labute approximate surface area is 105 Å². The van der Waals surface area contributed by atoms with Gasteiger partial charge in [-0.1, -0.05) is 6.92 Å². The third-order valence-electron chi connectivity index (χ3n) is 2.42. The Morgan fingerprint density at radius 3 is 2.83 bits per heavy atom. The van der Waals surface area contributed by atoms with E-state index in [1.807, 2.05) is 13.8 Å². The van der Waals surface area contributed by atoms with E-state index < -0.39 is 5.82 Å². The number of hydrogen-bond acceptors (Lipinski definition) is 3. The highest BCUT2D eigenvalue weighted by molar-refractivity contribution is 5.78. The predicted octanol–water partition coefficient (Wildman–Crippen LogP) is 1.93. The number of rotatable bonds is 6. The highest BCUT2D eigenvalue weighted by atomic mass is 19.1. The number of amides is 1. The second-order valence-corrected chi connectivity index (χ2v) is 4.00. The molecule has 0 saturated carbocycles. The van der Waals surface area contributed by atoms with E-state index in [9.17, 15) is 14.0 Å². The minimum atomic E-state index is -0.572. The monoisotopic (exact) mass is 253 g/mol. The van der Waals surface area contributed by atoms with E-state index >= 15 is 0 Å². The van der Waals surface area contributed by atoms with E-state index in [2.05, 4.69) is 5.32 Å². The first-order valence-corrected chi connectivity index (χ1v) is 5.73. The highest BCUT2D eigenvalue weighted by Gasteiger charge is 2.07. The van der Waals surface area contributed by atoms with Gasteiger partial charge >= 0.3 is 0 Å². The van der Waals surface area contributed by atoms with Crippen LogP contribution in [0.3, 0.4) is 0 Å². The van der Waals surface area contributed by atoms with Gasteiger partial charge in [-0.15, -0.1) is 0 Å². The van der Waals surface area contributed by atoms with Crippen LogP contribution in [-0.2, 0) is 4.79 Å². The molecule has 98 valence electrons. The van der Waals surface area contributed by atoms with Crippen molar-refractivity contribution >= 4 is 12.2 Å². The zero-order valence-corrected chi connectivity index (χ0v) is 10.4. The van der Waals surface area contributed by atoms with Crippen LogP contribution in [-0.4, -0.2) is 24.8 Å². The molecule has 4 nitrogen and oxygen atoms in total. The van der Waals surface area contributed by atoms with Crippen molar-refractivity contribution in [2.45, 2.75) is 26.3 Å². The Hall–Kier alpha value is -1.91. The maximum atomic E-state index is 13.1. The molecule has 0 heterocycles. The molecule has 1 rings (SSSR count). The van der Waals surface area contributed by atoms with Crippen molar-refractivity contribution in [2.24, 2.45) is 0 Å². The summed E-state index contributed by atoms with van der Waals surface area (Å²) in [6.45, 7) is 3.63. The number of hydrogen-bond donors (Lipinski definition) is 1.